The summed E-state index contributed by atoms with van der Waals surface area (Å²) in [7, 11) is 0. The lowest BCUT2D eigenvalue weighted by Crippen LogP contribution is -2.11. The maximum atomic E-state index is 11.3. The van der Waals surface area contributed by atoms with Gasteiger partial charge in [0.25, 0.3) is 0 Å². The van der Waals surface area contributed by atoms with Gasteiger partial charge in [-0.25, -0.2) is 0 Å². The zero-order chi connectivity index (χ0) is 8.27. The summed E-state index contributed by atoms with van der Waals surface area (Å²) in [5, 5.41) is 0. The van der Waals surface area contributed by atoms with Crippen molar-refractivity contribution in [1.29, 1.82) is 0 Å². The van der Waals surface area contributed by atoms with E-state index in [1.165, 1.54) is 12.8 Å². The van der Waals surface area contributed by atoms with Crippen molar-refractivity contribution in [3.63, 3.8) is 0 Å². The largest absolute Gasteiger partial charge is 0.298 e. The minimum Gasteiger partial charge on any atom is -0.298 e. The fraction of sp³-hybridized carbons (Fsp3) is 0.700. The maximum Gasteiger partial charge on any atom is 0.147 e. The molecule has 1 heteroatoms. The van der Waals surface area contributed by atoms with E-state index in [0.29, 0.717) is 18.1 Å². The summed E-state index contributed by atoms with van der Waals surface area (Å²) < 4.78 is 0. The van der Waals surface area contributed by atoms with Crippen molar-refractivity contribution in [3.05, 3.63) is 0 Å². The fourth-order valence-electron chi connectivity index (χ4n) is 1.20. The predicted octanol–water partition coefficient (Wildman–Crippen LogP) is 2.02. The number of hydrogen-bond donors (Lipinski definition) is 0. The first-order valence-electron chi connectivity index (χ1n) is 4.18. The molecule has 0 heterocycles. The van der Waals surface area contributed by atoms with Crippen LogP contribution in [0.3, 0.4) is 0 Å². The van der Waals surface area contributed by atoms with Crippen LogP contribution >= 0.6 is 0 Å². The average molecular weight is 150 g/mol. The molecule has 0 spiro atoms. The van der Waals surface area contributed by atoms with E-state index in [0.717, 1.165) is 0 Å². The quantitative estimate of drug-likeness (QED) is 0.562. The van der Waals surface area contributed by atoms with Gasteiger partial charge in [-0.1, -0.05) is 12.8 Å². The topological polar surface area (TPSA) is 17.1 Å². The third-order valence-corrected chi connectivity index (χ3v) is 2.28. The first-order chi connectivity index (χ1) is 5.25. The SMILES string of the molecule is CC#CCC(=O)C(C)C1CC1. The fourth-order valence-corrected chi connectivity index (χ4v) is 1.20. The summed E-state index contributed by atoms with van der Waals surface area (Å²) in [6.45, 7) is 3.80. The van der Waals surface area contributed by atoms with E-state index in [-0.39, 0.29) is 5.92 Å². The molecule has 0 aliphatic heterocycles. The molecule has 1 unspecified atom stereocenters. The Morgan fingerprint density at radius 2 is 2.27 bits per heavy atom. The summed E-state index contributed by atoms with van der Waals surface area (Å²) in [6.07, 6.45) is 2.94. The van der Waals surface area contributed by atoms with Gasteiger partial charge in [0.2, 0.25) is 0 Å². The molecule has 1 fully saturated rings. The molecule has 0 aromatic heterocycles. The molecule has 60 valence electrons. The van der Waals surface area contributed by atoms with Gasteiger partial charge < -0.3 is 0 Å². The van der Waals surface area contributed by atoms with Crippen LogP contribution in [0.25, 0.3) is 0 Å². The summed E-state index contributed by atoms with van der Waals surface area (Å²) >= 11 is 0. The Labute approximate surface area is 68.2 Å². The molecule has 0 N–H and O–H groups in total. The van der Waals surface area contributed by atoms with Crippen molar-refractivity contribution < 1.29 is 4.79 Å². The molecule has 1 aliphatic carbocycles. The van der Waals surface area contributed by atoms with Crippen LogP contribution in [0, 0.1) is 23.7 Å². The van der Waals surface area contributed by atoms with Crippen LogP contribution in [0.5, 0.6) is 0 Å². The van der Waals surface area contributed by atoms with Gasteiger partial charge in [-0.2, -0.15) is 0 Å². The molecule has 0 aromatic rings. The molecular formula is C10H14O. The zero-order valence-electron chi connectivity index (χ0n) is 7.18. The Kier molecular flexibility index (Phi) is 2.70. The van der Waals surface area contributed by atoms with Gasteiger partial charge >= 0.3 is 0 Å². The van der Waals surface area contributed by atoms with E-state index in [9.17, 15) is 4.79 Å². The molecule has 0 saturated heterocycles. The zero-order valence-corrected chi connectivity index (χ0v) is 7.18. The van der Waals surface area contributed by atoms with Crippen LogP contribution in [0.4, 0.5) is 0 Å². The van der Waals surface area contributed by atoms with Crippen LogP contribution < -0.4 is 0 Å². The highest BCUT2D eigenvalue weighted by molar-refractivity contribution is 5.83. The van der Waals surface area contributed by atoms with E-state index in [1.54, 1.807) is 6.92 Å². The number of hydrogen-bond acceptors (Lipinski definition) is 1. The monoisotopic (exact) mass is 150 g/mol. The van der Waals surface area contributed by atoms with Crippen molar-refractivity contribution in [1.82, 2.24) is 0 Å². The Morgan fingerprint density at radius 1 is 1.64 bits per heavy atom. The Bertz CT molecular complexity index is 203. The highest BCUT2D eigenvalue weighted by Crippen LogP contribution is 2.37. The van der Waals surface area contributed by atoms with E-state index >= 15 is 0 Å². The second-order valence-electron chi connectivity index (χ2n) is 3.20. The number of rotatable bonds is 3. The first kappa shape index (κ1) is 8.33. The van der Waals surface area contributed by atoms with Crippen LogP contribution in [0.2, 0.25) is 0 Å². The molecule has 0 bridgehead atoms. The lowest BCUT2D eigenvalue weighted by Gasteiger charge is -2.04. The smallest absolute Gasteiger partial charge is 0.147 e. The second-order valence-corrected chi connectivity index (χ2v) is 3.20. The van der Waals surface area contributed by atoms with Crippen molar-refractivity contribution >= 4 is 5.78 Å². The van der Waals surface area contributed by atoms with Gasteiger partial charge in [0.05, 0.1) is 6.42 Å². The van der Waals surface area contributed by atoms with Gasteiger partial charge in [0, 0.05) is 5.92 Å². The number of ketones is 1. The second kappa shape index (κ2) is 3.57. The van der Waals surface area contributed by atoms with Crippen molar-refractivity contribution in [2.75, 3.05) is 0 Å². The molecule has 11 heavy (non-hydrogen) atoms. The molecule has 1 saturated carbocycles. The van der Waals surface area contributed by atoms with Crippen molar-refractivity contribution in [3.8, 4) is 11.8 Å². The molecule has 0 radical (unpaired) electrons. The predicted molar refractivity (Wildman–Crippen MR) is 45.0 cm³/mol. The lowest BCUT2D eigenvalue weighted by molar-refractivity contribution is -0.121. The summed E-state index contributed by atoms with van der Waals surface area (Å²) in [6, 6.07) is 0. The summed E-state index contributed by atoms with van der Waals surface area (Å²) in [5.41, 5.74) is 0. The molecular weight excluding hydrogens is 136 g/mol. The highest BCUT2D eigenvalue weighted by atomic mass is 16.1. The van der Waals surface area contributed by atoms with Gasteiger partial charge in [0.1, 0.15) is 5.78 Å². The van der Waals surface area contributed by atoms with Gasteiger partial charge in [-0.05, 0) is 25.7 Å². The third-order valence-electron chi connectivity index (χ3n) is 2.28. The normalized spacial score (nSPS) is 18.4. The molecule has 1 nitrogen and oxygen atoms in total. The van der Waals surface area contributed by atoms with E-state index < -0.39 is 0 Å². The standard InChI is InChI=1S/C10H14O/c1-3-4-5-10(11)8(2)9-6-7-9/h8-9H,5-7H2,1-2H3. The van der Waals surface area contributed by atoms with Gasteiger partial charge in [-0.15, -0.1) is 5.92 Å². The van der Waals surface area contributed by atoms with E-state index in [2.05, 4.69) is 11.8 Å². The minimum atomic E-state index is 0.260. The van der Waals surface area contributed by atoms with Gasteiger partial charge in [-0.3, -0.25) is 4.79 Å². The van der Waals surface area contributed by atoms with Crippen molar-refractivity contribution in [2.45, 2.75) is 33.1 Å². The average Bonchev–Trinajstić information content (AvgIpc) is 2.81. The van der Waals surface area contributed by atoms with Crippen LogP contribution in [-0.4, -0.2) is 5.78 Å². The van der Waals surface area contributed by atoms with Gasteiger partial charge in [0.15, 0.2) is 0 Å². The molecule has 1 atom stereocenters. The maximum absolute atomic E-state index is 11.3. The number of carbonyl (C=O) groups is 1. The Balaban J connectivity index is 2.31. The first-order valence-corrected chi connectivity index (χ1v) is 4.18. The highest BCUT2D eigenvalue weighted by Gasteiger charge is 2.31. The summed E-state index contributed by atoms with van der Waals surface area (Å²) in [5.74, 6) is 6.82. The molecule has 0 aromatic carbocycles. The number of carbonyl (C=O) groups excluding carboxylic acids is 1. The summed E-state index contributed by atoms with van der Waals surface area (Å²) in [4.78, 5) is 11.3. The molecule has 1 rings (SSSR count). The van der Waals surface area contributed by atoms with Crippen molar-refractivity contribution in [2.24, 2.45) is 11.8 Å². The molecule has 1 aliphatic rings. The Morgan fingerprint density at radius 3 is 2.73 bits per heavy atom. The minimum absolute atomic E-state index is 0.260. The van der Waals surface area contributed by atoms with Crippen LogP contribution in [0.15, 0.2) is 0 Å². The number of Topliss-reactive ketones (excluding diaryl/α,β-unsaturated/α-hetero) is 1. The van der Waals surface area contributed by atoms with Crippen LogP contribution in [0.1, 0.15) is 33.1 Å². The third kappa shape index (κ3) is 2.38. The Hall–Kier alpha value is -0.770. The van der Waals surface area contributed by atoms with Crippen LogP contribution in [-0.2, 0) is 4.79 Å². The van der Waals surface area contributed by atoms with E-state index in [4.69, 9.17) is 0 Å². The molecule has 0 amide bonds. The lowest BCUT2D eigenvalue weighted by atomic mass is 9.99. The van der Waals surface area contributed by atoms with E-state index in [1.807, 2.05) is 6.92 Å².